The standard InChI is InChI=1S/C23H25N7O2/c1-15-4-2-5-18(27-15)23-22(19-6-3-12-30(19)29-23)16-7-9-20(26-14-24)28-17(16)8-10-21(32)25-11-13-31/h2,4-5,7-10,14,31H,3,6,11-13H2,1H3,(H,25,32)(H2,24,26,28)/b10-8+. The second-order valence-electron chi connectivity index (χ2n) is 7.44. The molecule has 3 aromatic heterocycles. The van der Waals surface area contributed by atoms with Crippen molar-refractivity contribution < 1.29 is 9.90 Å². The normalized spacial score (nSPS) is 13.5. The van der Waals surface area contributed by atoms with Crippen LogP contribution in [0.15, 0.2) is 41.4 Å². The molecule has 0 bridgehead atoms. The molecule has 1 amide bonds. The molecule has 0 saturated carbocycles. The second-order valence-corrected chi connectivity index (χ2v) is 7.44. The van der Waals surface area contributed by atoms with Crippen LogP contribution in [-0.4, -0.2) is 50.3 Å². The van der Waals surface area contributed by atoms with E-state index >= 15 is 0 Å². The number of aromatic amines is 1. The lowest BCUT2D eigenvalue weighted by Gasteiger charge is -2.10. The molecular formula is C23H25N7O2. The van der Waals surface area contributed by atoms with E-state index in [1.165, 1.54) is 6.08 Å². The maximum Gasteiger partial charge on any atom is 0.244 e. The quantitative estimate of drug-likeness (QED) is 0.258. The fraction of sp³-hybridized carbons (Fsp3) is 0.261. The van der Waals surface area contributed by atoms with Crippen LogP contribution in [0, 0.1) is 12.3 Å². The molecule has 0 unspecified atom stereocenters. The van der Waals surface area contributed by atoms with Gasteiger partial charge in [-0.3, -0.25) is 19.9 Å². The number of nitrogens with zero attached hydrogens (tertiary/aromatic N) is 4. The SMILES string of the molecule is Cc1cccc(-c2nn3c(c2-c2cc/c(=N/C=N)[nH]c2/C=C/C(=O)NCCO)CCC3)n1. The summed E-state index contributed by atoms with van der Waals surface area (Å²) in [5, 5.41) is 23.7. The van der Waals surface area contributed by atoms with Crippen LogP contribution < -0.4 is 10.8 Å². The predicted molar refractivity (Wildman–Crippen MR) is 122 cm³/mol. The Bertz CT molecular complexity index is 1250. The van der Waals surface area contributed by atoms with E-state index in [1.54, 1.807) is 12.1 Å². The Morgan fingerprint density at radius 3 is 3.03 bits per heavy atom. The first-order valence-corrected chi connectivity index (χ1v) is 10.5. The first-order chi connectivity index (χ1) is 15.6. The van der Waals surface area contributed by atoms with Gasteiger partial charge in [0.05, 0.1) is 12.3 Å². The van der Waals surface area contributed by atoms with Gasteiger partial charge in [-0.15, -0.1) is 0 Å². The van der Waals surface area contributed by atoms with Gasteiger partial charge in [0.25, 0.3) is 0 Å². The van der Waals surface area contributed by atoms with Gasteiger partial charge in [0.1, 0.15) is 17.5 Å². The van der Waals surface area contributed by atoms with Crippen molar-refractivity contribution in [1.82, 2.24) is 25.1 Å². The molecule has 164 valence electrons. The second kappa shape index (κ2) is 9.52. The fourth-order valence-electron chi connectivity index (χ4n) is 3.86. The van der Waals surface area contributed by atoms with Gasteiger partial charge in [0.15, 0.2) is 0 Å². The van der Waals surface area contributed by atoms with E-state index in [1.807, 2.05) is 35.9 Å². The van der Waals surface area contributed by atoms with Crippen molar-refractivity contribution in [2.45, 2.75) is 26.3 Å². The van der Waals surface area contributed by atoms with Crippen molar-refractivity contribution in [3.8, 4) is 22.5 Å². The molecule has 4 heterocycles. The molecule has 0 atom stereocenters. The average molecular weight is 432 g/mol. The van der Waals surface area contributed by atoms with E-state index in [0.29, 0.717) is 11.2 Å². The Hall–Kier alpha value is -3.85. The first kappa shape index (κ1) is 21.4. The summed E-state index contributed by atoms with van der Waals surface area (Å²) in [6.07, 6.45) is 5.98. The highest BCUT2D eigenvalue weighted by Gasteiger charge is 2.25. The number of aromatic nitrogens is 4. The number of carbonyl (C=O) groups excluding carboxylic acids is 1. The van der Waals surface area contributed by atoms with E-state index in [2.05, 4.69) is 20.3 Å². The number of hydrogen-bond acceptors (Lipinski definition) is 5. The minimum absolute atomic E-state index is 0.125. The third-order valence-corrected chi connectivity index (χ3v) is 5.22. The van der Waals surface area contributed by atoms with Crippen molar-refractivity contribution in [2.24, 2.45) is 4.99 Å². The molecule has 0 aromatic carbocycles. The number of hydrogen-bond donors (Lipinski definition) is 4. The van der Waals surface area contributed by atoms with Crippen LogP contribution in [0.25, 0.3) is 28.6 Å². The molecule has 0 radical (unpaired) electrons. The zero-order valence-electron chi connectivity index (χ0n) is 17.8. The molecule has 1 aliphatic heterocycles. The zero-order chi connectivity index (χ0) is 22.5. The zero-order valence-corrected chi connectivity index (χ0v) is 17.8. The number of rotatable bonds is 7. The Balaban J connectivity index is 1.88. The number of nitrogens with one attached hydrogen (secondary N) is 3. The van der Waals surface area contributed by atoms with E-state index in [4.69, 9.17) is 15.6 Å². The number of aliphatic hydroxyl groups excluding tert-OH is 1. The van der Waals surface area contributed by atoms with Crippen molar-refractivity contribution in [1.29, 1.82) is 5.41 Å². The van der Waals surface area contributed by atoms with Crippen molar-refractivity contribution in [2.75, 3.05) is 13.2 Å². The molecule has 9 heteroatoms. The van der Waals surface area contributed by atoms with E-state index in [9.17, 15) is 4.79 Å². The number of carbonyl (C=O) groups is 1. The van der Waals surface area contributed by atoms with Crippen LogP contribution in [0.2, 0.25) is 0 Å². The van der Waals surface area contributed by atoms with Gasteiger partial charge < -0.3 is 15.4 Å². The molecular weight excluding hydrogens is 406 g/mol. The third kappa shape index (κ3) is 4.42. The highest BCUT2D eigenvalue weighted by atomic mass is 16.3. The minimum Gasteiger partial charge on any atom is -0.395 e. The van der Waals surface area contributed by atoms with Crippen LogP contribution >= 0.6 is 0 Å². The molecule has 4 N–H and O–H groups in total. The molecule has 3 aromatic rings. The maximum atomic E-state index is 12.1. The summed E-state index contributed by atoms with van der Waals surface area (Å²) in [6.45, 7) is 2.87. The van der Waals surface area contributed by atoms with E-state index in [0.717, 1.165) is 59.6 Å². The lowest BCUT2D eigenvalue weighted by atomic mass is 9.98. The molecule has 1 aliphatic rings. The maximum absolute atomic E-state index is 12.1. The molecule has 0 spiro atoms. The Morgan fingerprint density at radius 1 is 1.38 bits per heavy atom. The van der Waals surface area contributed by atoms with Crippen molar-refractivity contribution >= 4 is 18.3 Å². The summed E-state index contributed by atoms with van der Waals surface area (Å²) in [7, 11) is 0. The molecule has 9 nitrogen and oxygen atoms in total. The van der Waals surface area contributed by atoms with Crippen LogP contribution in [0.5, 0.6) is 0 Å². The fourth-order valence-corrected chi connectivity index (χ4v) is 3.86. The average Bonchev–Trinajstić information content (AvgIpc) is 3.38. The summed E-state index contributed by atoms with van der Waals surface area (Å²) in [5.41, 5.74) is 6.66. The van der Waals surface area contributed by atoms with Gasteiger partial charge in [-0.1, -0.05) is 6.07 Å². The van der Waals surface area contributed by atoms with Crippen molar-refractivity contribution in [3.63, 3.8) is 0 Å². The topological polar surface area (TPSA) is 132 Å². The number of fused-ring (bicyclic) bond motifs is 1. The monoisotopic (exact) mass is 431 g/mol. The minimum atomic E-state index is -0.311. The smallest absolute Gasteiger partial charge is 0.244 e. The first-order valence-electron chi connectivity index (χ1n) is 10.5. The molecule has 4 rings (SSSR count). The van der Waals surface area contributed by atoms with E-state index < -0.39 is 0 Å². The molecule has 0 fully saturated rings. The van der Waals surface area contributed by atoms with E-state index in [-0.39, 0.29) is 19.1 Å². The van der Waals surface area contributed by atoms with Crippen LogP contribution in [-0.2, 0) is 17.8 Å². The molecule has 0 aliphatic carbocycles. The van der Waals surface area contributed by atoms with Gasteiger partial charge >= 0.3 is 0 Å². The lowest BCUT2D eigenvalue weighted by molar-refractivity contribution is -0.116. The third-order valence-electron chi connectivity index (χ3n) is 5.22. The number of aryl methyl sites for hydroxylation is 2. The molecule has 0 saturated heterocycles. The Kier molecular flexibility index (Phi) is 6.37. The summed E-state index contributed by atoms with van der Waals surface area (Å²) in [5.74, 6) is -0.311. The summed E-state index contributed by atoms with van der Waals surface area (Å²) < 4.78 is 2.03. The van der Waals surface area contributed by atoms with Gasteiger partial charge in [-0.25, -0.2) is 4.99 Å². The molecule has 32 heavy (non-hydrogen) atoms. The largest absolute Gasteiger partial charge is 0.395 e. The van der Waals surface area contributed by atoms with Crippen LogP contribution in [0.1, 0.15) is 23.5 Å². The Labute approximate surface area is 185 Å². The van der Waals surface area contributed by atoms with Crippen molar-refractivity contribution in [3.05, 3.63) is 59.0 Å². The number of H-pyrrole nitrogens is 1. The highest BCUT2D eigenvalue weighted by molar-refractivity contribution is 5.93. The predicted octanol–water partition coefficient (Wildman–Crippen LogP) is 1.82. The Morgan fingerprint density at radius 2 is 2.25 bits per heavy atom. The number of amides is 1. The highest BCUT2D eigenvalue weighted by Crippen LogP contribution is 2.38. The number of pyridine rings is 2. The van der Waals surface area contributed by atoms with Crippen LogP contribution in [0.3, 0.4) is 0 Å². The van der Waals surface area contributed by atoms with Gasteiger partial charge in [0, 0.05) is 47.4 Å². The summed E-state index contributed by atoms with van der Waals surface area (Å²) in [4.78, 5) is 24.0. The van der Waals surface area contributed by atoms with Crippen LogP contribution in [0.4, 0.5) is 0 Å². The summed E-state index contributed by atoms with van der Waals surface area (Å²) >= 11 is 0. The summed E-state index contributed by atoms with van der Waals surface area (Å²) in [6, 6.07) is 9.61. The van der Waals surface area contributed by atoms with Gasteiger partial charge in [-0.05, 0) is 50.1 Å². The number of aliphatic hydroxyl groups is 1. The lowest BCUT2D eigenvalue weighted by Crippen LogP contribution is -2.24. The van der Waals surface area contributed by atoms with Gasteiger partial charge in [0.2, 0.25) is 5.91 Å². The van der Waals surface area contributed by atoms with Gasteiger partial charge in [-0.2, -0.15) is 5.10 Å².